The average molecular weight is 268 g/mol. The monoisotopic (exact) mass is 268 g/mol. The van der Waals surface area contributed by atoms with Gasteiger partial charge in [0.25, 0.3) is 5.69 Å². The Balaban J connectivity index is 2.44. The molecule has 0 aliphatic heterocycles. The van der Waals surface area contributed by atoms with Gasteiger partial charge >= 0.3 is 0 Å². The Bertz CT molecular complexity index is 420. The Morgan fingerprint density at radius 1 is 1.44 bits per heavy atom. The number of nitro groups is 1. The van der Waals surface area contributed by atoms with Crippen molar-refractivity contribution >= 4 is 23.4 Å². The van der Waals surface area contributed by atoms with Crippen LogP contribution in [-0.2, 0) is 4.79 Å². The normalized spacial score (nSPS) is 11.9. The van der Waals surface area contributed by atoms with Crippen LogP contribution in [0.25, 0.3) is 0 Å². The Labute approximate surface area is 110 Å². The molecule has 6 heteroatoms. The van der Waals surface area contributed by atoms with Crippen molar-refractivity contribution in [3.05, 3.63) is 34.4 Å². The molecule has 0 aromatic heterocycles. The number of nitro benzene ring substituents is 1. The third-order valence-corrected chi connectivity index (χ3v) is 3.45. The molecule has 1 aromatic rings. The summed E-state index contributed by atoms with van der Waals surface area (Å²) in [5.41, 5.74) is 0.0587. The zero-order chi connectivity index (χ0) is 13.5. The number of hydrogen-bond donors (Lipinski definition) is 1. The SMILES string of the molecule is CCC(C)NC(=O)CSc1ccc([N+](=O)[O-])cc1. The van der Waals surface area contributed by atoms with Gasteiger partial charge in [0, 0.05) is 23.1 Å². The number of carbonyl (C=O) groups is 1. The molecule has 0 heterocycles. The highest BCUT2D eigenvalue weighted by molar-refractivity contribution is 8.00. The smallest absolute Gasteiger partial charge is 0.269 e. The molecule has 1 N–H and O–H groups in total. The first kappa shape index (κ1) is 14.5. The molecule has 0 radical (unpaired) electrons. The second kappa shape index (κ2) is 7.00. The van der Waals surface area contributed by atoms with Crippen LogP contribution in [-0.4, -0.2) is 22.6 Å². The van der Waals surface area contributed by atoms with Gasteiger partial charge in [-0.1, -0.05) is 6.92 Å². The lowest BCUT2D eigenvalue weighted by Crippen LogP contribution is -2.33. The summed E-state index contributed by atoms with van der Waals surface area (Å²) in [6.07, 6.45) is 0.897. The first-order valence-corrected chi connectivity index (χ1v) is 6.68. The molecule has 0 spiro atoms. The van der Waals surface area contributed by atoms with Crippen LogP contribution in [0, 0.1) is 10.1 Å². The summed E-state index contributed by atoms with van der Waals surface area (Å²) in [7, 11) is 0. The predicted molar refractivity (Wildman–Crippen MR) is 71.7 cm³/mol. The van der Waals surface area contributed by atoms with Gasteiger partial charge in [-0.2, -0.15) is 0 Å². The van der Waals surface area contributed by atoms with Crippen molar-refractivity contribution in [3.63, 3.8) is 0 Å². The molecular formula is C12H16N2O3S. The number of nitrogens with zero attached hydrogens (tertiary/aromatic N) is 1. The molecule has 1 rings (SSSR count). The van der Waals surface area contributed by atoms with Crippen molar-refractivity contribution in [2.24, 2.45) is 0 Å². The zero-order valence-corrected chi connectivity index (χ0v) is 11.2. The predicted octanol–water partition coefficient (Wildman–Crippen LogP) is 2.60. The fraction of sp³-hybridized carbons (Fsp3) is 0.417. The molecule has 1 atom stereocenters. The number of carbonyl (C=O) groups excluding carboxylic acids is 1. The van der Waals surface area contributed by atoms with E-state index >= 15 is 0 Å². The van der Waals surface area contributed by atoms with E-state index in [4.69, 9.17) is 0 Å². The van der Waals surface area contributed by atoms with Gasteiger partial charge < -0.3 is 5.32 Å². The molecule has 0 saturated heterocycles. The molecule has 0 fully saturated rings. The molecule has 1 unspecified atom stereocenters. The summed E-state index contributed by atoms with van der Waals surface area (Å²) in [4.78, 5) is 22.4. The van der Waals surface area contributed by atoms with E-state index in [1.807, 2.05) is 13.8 Å². The molecule has 0 bridgehead atoms. The summed E-state index contributed by atoms with van der Waals surface area (Å²) in [6.45, 7) is 3.96. The Morgan fingerprint density at radius 2 is 2.06 bits per heavy atom. The fourth-order valence-electron chi connectivity index (χ4n) is 1.23. The van der Waals surface area contributed by atoms with E-state index in [0.29, 0.717) is 5.75 Å². The lowest BCUT2D eigenvalue weighted by molar-refractivity contribution is -0.384. The molecule has 0 aliphatic rings. The van der Waals surface area contributed by atoms with Crippen LogP contribution in [0.2, 0.25) is 0 Å². The number of benzene rings is 1. The van der Waals surface area contributed by atoms with Crippen molar-refractivity contribution < 1.29 is 9.72 Å². The van der Waals surface area contributed by atoms with Crippen molar-refractivity contribution in [3.8, 4) is 0 Å². The number of thioether (sulfide) groups is 1. The van der Waals surface area contributed by atoms with E-state index in [9.17, 15) is 14.9 Å². The molecule has 0 aliphatic carbocycles. The third kappa shape index (κ3) is 4.75. The molecule has 18 heavy (non-hydrogen) atoms. The van der Waals surface area contributed by atoms with E-state index in [1.165, 1.54) is 23.9 Å². The van der Waals surface area contributed by atoms with Gasteiger partial charge in [-0.25, -0.2) is 0 Å². The minimum Gasteiger partial charge on any atom is -0.353 e. The van der Waals surface area contributed by atoms with Gasteiger partial charge in [-0.15, -0.1) is 11.8 Å². The van der Waals surface area contributed by atoms with E-state index in [0.717, 1.165) is 11.3 Å². The number of rotatable bonds is 6. The largest absolute Gasteiger partial charge is 0.353 e. The van der Waals surface area contributed by atoms with Crippen molar-refractivity contribution in [1.82, 2.24) is 5.32 Å². The molecule has 98 valence electrons. The quantitative estimate of drug-likeness (QED) is 0.489. The maximum Gasteiger partial charge on any atom is 0.269 e. The number of amides is 1. The summed E-state index contributed by atoms with van der Waals surface area (Å²) < 4.78 is 0. The Kier molecular flexibility index (Phi) is 5.64. The maximum atomic E-state index is 11.5. The molecule has 1 aromatic carbocycles. The molecule has 5 nitrogen and oxygen atoms in total. The van der Waals surface area contributed by atoms with Crippen LogP contribution in [0.5, 0.6) is 0 Å². The number of nitrogens with one attached hydrogen (secondary N) is 1. The first-order valence-electron chi connectivity index (χ1n) is 5.69. The lowest BCUT2D eigenvalue weighted by Gasteiger charge is -2.10. The van der Waals surface area contributed by atoms with E-state index < -0.39 is 4.92 Å². The standard InChI is InChI=1S/C12H16N2O3S/c1-3-9(2)13-12(15)8-18-11-6-4-10(5-7-11)14(16)17/h4-7,9H,3,8H2,1-2H3,(H,13,15). The van der Waals surface area contributed by atoms with Gasteiger partial charge in [-0.3, -0.25) is 14.9 Å². The number of hydrogen-bond acceptors (Lipinski definition) is 4. The van der Waals surface area contributed by atoms with Gasteiger partial charge in [0.15, 0.2) is 0 Å². The summed E-state index contributed by atoms with van der Waals surface area (Å²) in [6, 6.07) is 6.36. The minimum absolute atomic E-state index is 0.0206. The lowest BCUT2D eigenvalue weighted by atomic mass is 10.3. The molecule has 0 saturated carbocycles. The molecule has 1 amide bonds. The van der Waals surface area contributed by atoms with E-state index in [2.05, 4.69) is 5.32 Å². The average Bonchev–Trinajstić information content (AvgIpc) is 2.36. The Hall–Kier alpha value is -1.56. The highest BCUT2D eigenvalue weighted by Crippen LogP contribution is 2.21. The topological polar surface area (TPSA) is 72.2 Å². The zero-order valence-electron chi connectivity index (χ0n) is 10.4. The van der Waals surface area contributed by atoms with Crippen LogP contribution in [0.4, 0.5) is 5.69 Å². The van der Waals surface area contributed by atoms with Crippen LogP contribution in [0.1, 0.15) is 20.3 Å². The van der Waals surface area contributed by atoms with Crippen LogP contribution >= 0.6 is 11.8 Å². The Morgan fingerprint density at radius 3 is 2.56 bits per heavy atom. The molecular weight excluding hydrogens is 252 g/mol. The van der Waals surface area contributed by atoms with Crippen molar-refractivity contribution in [2.45, 2.75) is 31.2 Å². The third-order valence-electron chi connectivity index (χ3n) is 2.44. The summed E-state index contributed by atoms with van der Waals surface area (Å²) in [5, 5.41) is 13.3. The van der Waals surface area contributed by atoms with Crippen LogP contribution < -0.4 is 5.32 Å². The number of non-ortho nitro benzene ring substituents is 1. The first-order chi connectivity index (χ1) is 8.52. The summed E-state index contributed by atoms with van der Waals surface area (Å²) >= 11 is 1.37. The summed E-state index contributed by atoms with van der Waals surface area (Å²) in [5.74, 6) is 0.301. The highest BCUT2D eigenvalue weighted by Gasteiger charge is 2.08. The van der Waals surface area contributed by atoms with Crippen LogP contribution in [0.15, 0.2) is 29.2 Å². The fourth-order valence-corrected chi connectivity index (χ4v) is 1.94. The van der Waals surface area contributed by atoms with Crippen LogP contribution in [0.3, 0.4) is 0 Å². The van der Waals surface area contributed by atoms with Crippen molar-refractivity contribution in [2.75, 3.05) is 5.75 Å². The van der Waals surface area contributed by atoms with Gasteiger partial charge in [-0.05, 0) is 25.5 Å². The van der Waals surface area contributed by atoms with Gasteiger partial charge in [0.05, 0.1) is 10.7 Å². The van der Waals surface area contributed by atoms with Gasteiger partial charge in [0.1, 0.15) is 0 Å². The van der Waals surface area contributed by atoms with E-state index in [-0.39, 0.29) is 17.6 Å². The highest BCUT2D eigenvalue weighted by atomic mass is 32.2. The van der Waals surface area contributed by atoms with E-state index in [1.54, 1.807) is 12.1 Å². The second-order valence-corrected chi connectivity index (χ2v) is 4.97. The van der Waals surface area contributed by atoms with Gasteiger partial charge in [0.2, 0.25) is 5.91 Å². The maximum absolute atomic E-state index is 11.5. The minimum atomic E-state index is -0.440. The van der Waals surface area contributed by atoms with Crippen molar-refractivity contribution in [1.29, 1.82) is 0 Å². The second-order valence-electron chi connectivity index (χ2n) is 3.92.